The van der Waals surface area contributed by atoms with Gasteiger partial charge in [-0.05, 0) is 43.2 Å². The molecule has 1 aromatic heterocycles. The normalized spacial score (nSPS) is 10.3. The average Bonchev–Trinajstić information content (AvgIpc) is 3.04. The van der Waals surface area contributed by atoms with Crippen LogP contribution in [0.15, 0.2) is 41.0 Å². The van der Waals surface area contributed by atoms with E-state index < -0.39 is 0 Å². The van der Waals surface area contributed by atoms with E-state index in [-0.39, 0.29) is 24.2 Å². The van der Waals surface area contributed by atoms with Crippen molar-refractivity contribution in [1.29, 1.82) is 0 Å². The first kappa shape index (κ1) is 15.8. The number of furan rings is 1. The van der Waals surface area contributed by atoms with Crippen LogP contribution in [0.25, 0.3) is 0 Å². The third-order valence-electron chi connectivity index (χ3n) is 3.11. The van der Waals surface area contributed by atoms with Gasteiger partial charge < -0.3 is 20.2 Å². The average molecular weight is 302 g/mol. The summed E-state index contributed by atoms with van der Waals surface area (Å²) in [5.74, 6) is -0.412. The number of aliphatic hydroxyl groups is 1. The number of carbonyl (C=O) groups excluding carboxylic acids is 2. The van der Waals surface area contributed by atoms with Gasteiger partial charge in [-0.3, -0.25) is 9.59 Å². The monoisotopic (exact) mass is 302 g/mol. The van der Waals surface area contributed by atoms with Gasteiger partial charge in [-0.25, -0.2) is 0 Å². The van der Waals surface area contributed by atoms with Crippen molar-refractivity contribution >= 4 is 17.5 Å². The van der Waals surface area contributed by atoms with Crippen LogP contribution >= 0.6 is 0 Å². The van der Waals surface area contributed by atoms with Crippen molar-refractivity contribution in [1.82, 2.24) is 5.32 Å². The molecular weight excluding hydrogens is 284 g/mol. The van der Waals surface area contributed by atoms with Crippen molar-refractivity contribution in [3.05, 3.63) is 53.5 Å². The number of hydrogen-bond acceptors (Lipinski definition) is 4. The van der Waals surface area contributed by atoms with Crippen LogP contribution in [0, 0.1) is 6.92 Å². The van der Waals surface area contributed by atoms with E-state index >= 15 is 0 Å². The highest BCUT2D eigenvalue weighted by Crippen LogP contribution is 2.18. The first-order chi connectivity index (χ1) is 10.6. The summed E-state index contributed by atoms with van der Waals surface area (Å²) < 4.78 is 5.04. The van der Waals surface area contributed by atoms with Crippen molar-refractivity contribution in [3.63, 3.8) is 0 Å². The van der Waals surface area contributed by atoms with Crippen molar-refractivity contribution in [2.24, 2.45) is 0 Å². The molecule has 1 aromatic carbocycles. The van der Waals surface area contributed by atoms with E-state index in [1.165, 1.54) is 6.26 Å². The summed E-state index contributed by atoms with van der Waals surface area (Å²) in [6.45, 7) is 2.27. The second kappa shape index (κ2) is 7.42. The molecule has 0 aliphatic heterocycles. The predicted octanol–water partition coefficient (Wildman–Crippen LogP) is 1.95. The minimum absolute atomic E-state index is 0.0264. The molecule has 0 aliphatic carbocycles. The Labute approximate surface area is 128 Å². The Bertz CT molecular complexity index is 650. The van der Waals surface area contributed by atoms with E-state index in [4.69, 9.17) is 9.52 Å². The summed E-state index contributed by atoms with van der Waals surface area (Å²) in [7, 11) is 0. The molecule has 22 heavy (non-hydrogen) atoms. The minimum Gasteiger partial charge on any atom is -0.459 e. The molecule has 0 saturated heterocycles. The zero-order valence-electron chi connectivity index (χ0n) is 12.3. The molecule has 0 saturated carbocycles. The number of amides is 2. The summed E-state index contributed by atoms with van der Waals surface area (Å²) in [4.78, 5) is 24.0. The smallest absolute Gasteiger partial charge is 0.291 e. The third kappa shape index (κ3) is 3.95. The highest BCUT2D eigenvalue weighted by Gasteiger charge is 2.12. The van der Waals surface area contributed by atoms with Gasteiger partial charge >= 0.3 is 0 Å². The van der Waals surface area contributed by atoms with E-state index in [1.54, 1.807) is 30.3 Å². The lowest BCUT2D eigenvalue weighted by Crippen LogP contribution is -2.25. The van der Waals surface area contributed by atoms with Crippen LogP contribution in [0.3, 0.4) is 0 Å². The highest BCUT2D eigenvalue weighted by molar-refractivity contribution is 6.03. The summed E-state index contributed by atoms with van der Waals surface area (Å²) in [6.07, 6.45) is 1.92. The largest absolute Gasteiger partial charge is 0.459 e. The molecule has 0 aliphatic rings. The Morgan fingerprint density at radius 1 is 1.23 bits per heavy atom. The molecule has 2 aromatic rings. The Morgan fingerprint density at radius 3 is 2.73 bits per heavy atom. The van der Waals surface area contributed by atoms with Gasteiger partial charge in [0.25, 0.3) is 11.8 Å². The van der Waals surface area contributed by atoms with E-state index in [0.717, 1.165) is 5.56 Å². The second-order valence-electron chi connectivity index (χ2n) is 4.79. The van der Waals surface area contributed by atoms with Gasteiger partial charge in [0.1, 0.15) is 0 Å². The van der Waals surface area contributed by atoms with Gasteiger partial charge in [-0.1, -0.05) is 6.07 Å². The summed E-state index contributed by atoms with van der Waals surface area (Å²) >= 11 is 0. The van der Waals surface area contributed by atoms with Crippen LogP contribution in [-0.4, -0.2) is 30.1 Å². The molecule has 2 rings (SSSR count). The quantitative estimate of drug-likeness (QED) is 0.711. The SMILES string of the molecule is Cc1ccc(C(=O)NCCCO)cc1NC(=O)c1ccco1. The van der Waals surface area contributed by atoms with Gasteiger partial charge in [-0.15, -0.1) is 0 Å². The van der Waals surface area contributed by atoms with Crippen LogP contribution < -0.4 is 10.6 Å². The first-order valence-corrected chi connectivity index (χ1v) is 6.96. The number of carbonyl (C=O) groups is 2. The molecular formula is C16H18N2O4. The number of nitrogens with one attached hydrogen (secondary N) is 2. The number of aryl methyl sites for hydroxylation is 1. The topological polar surface area (TPSA) is 91.6 Å². The lowest BCUT2D eigenvalue weighted by molar-refractivity contribution is 0.0949. The third-order valence-corrected chi connectivity index (χ3v) is 3.11. The fraction of sp³-hybridized carbons (Fsp3) is 0.250. The number of hydrogen-bond donors (Lipinski definition) is 3. The number of anilines is 1. The van der Waals surface area contributed by atoms with Gasteiger partial charge in [0.15, 0.2) is 5.76 Å². The lowest BCUT2D eigenvalue weighted by Gasteiger charge is -2.10. The molecule has 2 amide bonds. The van der Waals surface area contributed by atoms with Crippen LogP contribution in [0.1, 0.15) is 32.9 Å². The molecule has 0 atom stereocenters. The van der Waals surface area contributed by atoms with E-state index in [1.807, 2.05) is 6.92 Å². The van der Waals surface area contributed by atoms with Gasteiger partial charge in [0.05, 0.1) is 6.26 Å². The molecule has 1 heterocycles. The summed E-state index contributed by atoms with van der Waals surface area (Å²) in [5, 5.41) is 14.1. The number of rotatable bonds is 6. The van der Waals surface area contributed by atoms with E-state index in [0.29, 0.717) is 24.2 Å². The van der Waals surface area contributed by atoms with Crippen LogP contribution in [0.5, 0.6) is 0 Å². The Kier molecular flexibility index (Phi) is 5.32. The fourth-order valence-corrected chi connectivity index (χ4v) is 1.87. The zero-order chi connectivity index (χ0) is 15.9. The Balaban J connectivity index is 2.09. The van der Waals surface area contributed by atoms with Crippen molar-refractivity contribution in [2.75, 3.05) is 18.5 Å². The number of benzene rings is 1. The van der Waals surface area contributed by atoms with Gasteiger partial charge in [0.2, 0.25) is 0 Å². The van der Waals surface area contributed by atoms with E-state index in [2.05, 4.69) is 10.6 Å². The van der Waals surface area contributed by atoms with Crippen LogP contribution in [-0.2, 0) is 0 Å². The Morgan fingerprint density at radius 2 is 2.05 bits per heavy atom. The van der Waals surface area contributed by atoms with Crippen molar-refractivity contribution < 1.29 is 19.1 Å². The first-order valence-electron chi connectivity index (χ1n) is 6.96. The van der Waals surface area contributed by atoms with Crippen LogP contribution in [0.4, 0.5) is 5.69 Å². The molecule has 6 nitrogen and oxygen atoms in total. The molecule has 3 N–H and O–H groups in total. The molecule has 0 bridgehead atoms. The fourth-order valence-electron chi connectivity index (χ4n) is 1.87. The molecule has 0 fully saturated rings. The standard InChI is InChI=1S/C16H18N2O4/c1-11-5-6-12(15(20)17-7-3-8-19)10-13(11)18-16(21)14-4-2-9-22-14/h2,4-6,9-10,19H,3,7-8H2,1H3,(H,17,20)(H,18,21). The van der Waals surface area contributed by atoms with Gasteiger partial charge in [0, 0.05) is 24.4 Å². The van der Waals surface area contributed by atoms with E-state index in [9.17, 15) is 9.59 Å². The second-order valence-corrected chi connectivity index (χ2v) is 4.79. The molecule has 116 valence electrons. The summed E-state index contributed by atoms with van der Waals surface area (Å²) in [5.41, 5.74) is 1.83. The predicted molar refractivity (Wildman–Crippen MR) is 81.9 cm³/mol. The Hall–Kier alpha value is -2.60. The van der Waals surface area contributed by atoms with Crippen LogP contribution in [0.2, 0.25) is 0 Å². The minimum atomic E-state index is -0.370. The molecule has 0 radical (unpaired) electrons. The molecule has 0 unspecified atom stereocenters. The molecule has 0 spiro atoms. The highest BCUT2D eigenvalue weighted by atomic mass is 16.3. The zero-order valence-corrected chi connectivity index (χ0v) is 12.3. The van der Waals surface area contributed by atoms with Crippen molar-refractivity contribution in [3.8, 4) is 0 Å². The van der Waals surface area contributed by atoms with Gasteiger partial charge in [-0.2, -0.15) is 0 Å². The maximum atomic E-state index is 12.0. The van der Waals surface area contributed by atoms with Crippen molar-refractivity contribution in [2.45, 2.75) is 13.3 Å². The summed E-state index contributed by atoms with van der Waals surface area (Å²) in [6, 6.07) is 8.26. The lowest BCUT2D eigenvalue weighted by atomic mass is 10.1. The number of aliphatic hydroxyl groups excluding tert-OH is 1. The molecule has 6 heteroatoms. The maximum Gasteiger partial charge on any atom is 0.291 e. The maximum absolute atomic E-state index is 12.0.